The van der Waals surface area contributed by atoms with Crippen LogP contribution in [0.2, 0.25) is 0 Å². The molecule has 4 heteroatoms. The van der Waals surface area contributed by atoms with E-state index in [2.05, 4.69) is 28.1 Å². The predicted octanol–water partition coefficient (Wildman–Crippen LogP) is 2.46. The van der Waals surface area contributed by atoms with Gasteiger partial charge in [0.25, 0.3) is 0 Å². The van der Waals surface area contributed by atoms with Gasteiger partial charge in [0.1, 0.15) is 6.10 Å². The maximum Gasteiger partial charge on any atom is 0.106 e. The van der Waals surface area contributed by atoms with Crippen LogP contribution in [0.15, 0.2) is 36.4 Å². The Morgan fingerprint density at radius 1 is 0.905 bits per heavy atom. The molecule has 0 bridgehead atoms. The highest BCUT2D eigenvalue weighted by Gasteiger charge is 2.42. The van der Waals surface area contributed by atoms with Gasteiger partial charge in [0.2, 0.25) is 0 Å². The van der Waals surface area contributed by atoms with Gasteiger partial charge in [-0.15, -0.1) is 0 Å². The van der Waals surface area contributed by atoms with Gasteiger partial charge in [-0.2, -0.15) is 0 Å². The molecule has 0 saturated heterocycles. The molecule has 21 heavy (non-hydrogen) atoms. The van der Waals surface area contributed by atoms with E-state index in [0.717, 1.165) is 28.7 Å². The zero-order valence-electron chi connectivity index (χ0n) is 11.2. The Labute approximate surface area is 131 Å². The first-order valence-electron chi connectivity index (χ1n) is 7.02. The van der Waals surface area contributed by atoms with Gasteiger partial charge in [0.05, 0.1) is 17.0 Å². The zero-order valence-corrected chi connectivity index (χ0v) is 12.8. The third-order valence-corrected chi connectivity index (χ3v) is 5.64. The minimum Gasteiger partial charge on any atom is -0.389 e. The monoisotopic (exact) mass is 346 g/mol. The minimum atomic E-state index is -1.01. The van der Waals surface area contributed by atoms with Crippen LogP contribution in [0.4, 0.5) is 0 Å². The molecule has 0 spiro atoms. The van der Waals surface area contributed by atoms with Crippen LogP contribution in [0.3, 0.4) is 0 Å². The van der Waals surface area contributed by atoms with E-state index in [4.69, 9.17) is 0 Å². The summed E-state index contributed by atoms with van der Waals surface area (Å²) in [6.45, 7) is 0. The quantitative estimate of drug-likeness (QED) is 0.548. The second-order valence-electron chi connectivity index (χ2n) is 5.76. The number of alkyl halides is 1. The van der Waals surface area contributed by atoms with Crippen molar-refractivity contribution in [1.82, 2.24) is 0 Å². The first kappa shape index (κ1) is 13.5. The lowest BCUT2D eigenvalue weighted by Crippen LogP contribution is -2.38. The average molecular weight is 347 g/mol. The Kier molecular flexibility index (Phi) is 2.98. The Balaban J connectivity index is 2.01. The number of hydrogen-bond acceptors (Lipinski definition) is 3. The fraction of sp³-hybridized carbons (Fsp3) is 0.294. The standard InChI is InChI=1S/C17H15BrO3/c18-14-16(20)13-11(15(19)17(14)21)6-5-9-7-8-3-1-2-4-10(8)12(9)13/h1-6,14-17,19-21H,7H2/t14-,15-,16+,17-/m0/s1. The van der Waals surface area contributed by atoms with Gasteiger partial charge in [-0.05, 0) is 39.8 Å². The molecule has 0 radical (unpaired) electrons. The first-order chi connectivity index (χ1) is 10.1. The molecule has 108 valence electrons. The molecule has 2 aromatic carbocycles. The molecule has 0 heterocycles. The van der Waals surface area contributed by atoms with E-state index < -0.39 is 23.1 Å². The molecule has 2 aromatic rings. The van der Waals surface area contributed by atoms with Crippen LogP contribution in [0.25, 0.3) is 11.1 Å². The Hall–Kier alpha value is -1.20. The molecule has 0 aromatic heterocycles. The van der Waals surface area contributed by atoms with Crippen LogP contribution in [0, 0.1) is 0 Å². The van der Waals surface area contributed by atoms with Crippen molar-refractivity contribution >= 4 is 15.9 Å². The number of rotatable bonds is 0. The van der Waals surface area contributed by atoms with Crippen molar-refractivity contribution in [2.75, 3.05) is 0 Å². The van der Waals surface area contributed by atoms with Crippen molar-refractivity contribution in [3.8, 4) is 11.1 Å². The highest BCUT2D eigenvalue weighted by atomic mass is 79.9. The Morgan fingerprint density at radius 3 is 2.48 bits per heavy atom. The van der Waals surface area contributed by atoms with Crippen molar-refractivity contribution in [3.63, 3.8) is 0 Å². The van der Waals surface area contributed by atoms with E-state index in [1.807, 2.05) is 24.3 Å². The summed E-state index contributed by atoms with van der Waals surface area (Å²) in [5, 5.41) is 30.9. The summed E-state index contributed by atoms with van der Waals surface area (Å²) < 4.78 is 0. The van der Waals surface area contributed by atoms with Gasteiger partial charge in [0.15, 0.2) is 0 Å². The molecular weight excluding hydrogens is 332 g/mol. The molecule has 0 aliphatic heterocycles. The van der Waals surface area contributed by atoms with Crippen LogP contribution in [0.5, 0.6) is 0 Å². The van der Waals surface area contributed by atoms with Crippen molar-refractivity contribution in [3.05, 3.63) is 58.7 Å². The fourth-order valence-corrected chi connectivity index (χ4v) is 4.10. The summed E-state index contributed by atoms with van der Waals surface area (Å²) in [6, 6.07) is 12.0. The van der Waals surface area contributed by atoms with Crippen LogP contribution in [0.1, 0.15) is 34.5 Å². The first-order valence-corrected chi connectivity index (χ1v) is 7.93. The lowest BCUT2D eigenvalue weighted by molar-refractivity contribution is -0.0209. The number of fused-ring (bicyclic) bond motifs is 5. The maximum absolute atomic E-state index is 10.6. The zero-order chi connectivity index (χ0) is 14.7. The van der Waals surface area contributed by atoms with Crippen molar-refractivity contribution in [2.24, 2.45) is 0 Å². The van der Waals surface area contributed by atoms with Gasteiger partial charge in [0, 0.05) is 0 Å². The average Bonchev–Trinajstić information content (AvgIpc) is 2.88. The van der Waals surface area contributed by atoms with Gasteiger partial charge in [-0.3, -0.25) is 0 Å². The van der Waals surface area contributed by atoms with Gasteiger partial charge in [-0.25, -0.2) is 0 Å². The molecule has 4 atom stereocenters. The third-order valence-electron chi connectivity index (χ3n) is 4.60. The van der Waals surface area contributed by atoms with E-state index in [1.165, 1.54) is 5.56 Å². The van der Waals surface area contributed by atoms with Crippen LogP contribution >= 0.6 is 15.9 Å². The van der Waals surface area contributed by atoms with Crippen molar-refractivity contribution < 1.29 is 15.3 Å². The van der Waals surface area contributed by atoms with Gasteiger partial charge < -0.3 is 15.3 Å². The van der Waals surface area contributed by atoms with Crippen molar-refractivity contribution in [2.45, 2.75) is 29.6 Å². The molecule has 0 fully saturated rings. The number of hydrogen-bond donors (Lipinski definition) is 3. The lowest BCUT2D eigenvalue weighted by atomic mass is 9.80. The molecule has 2 aliphatic carbocycles. The van der Waals surface area contributed by atoms with E-state index >= 15 is 0 Å². The molecule has 0 amide bonds. The molecular formula is C17H15BrO3. The number of halogens is 1. The minimum absolute atomic E-state index is 0.570. The van der Waals surface area contributed by atoms with Crippen LogP contribution in [-0.2, 0) is 6.42 Å². The summed E-state index contributed by atoms with van der Waals surface area (Å²) in [6.07, 6.45) is -1.98. The third kappa shape index (κ3) is 1.77. The normalized spacial score (nSPS) is 29.7. The smallest absolute Gasteiger partial charge is 0.106 e. The lowest BCUT2D eigenvalue weighted by Gasteiger charge is -2.36. The maximum atomic E-state index is 10.6. The number of benzene rings is 2. The molecule has 0 unspecified atom stereocenters. The summed E-state index contributed by atoms with van der Waals surface area (Å²) >= 11 is 3.32. The number of aliphatic hydroxyl groups excluding tert-OH is 3. The highest BCUT2D eigenvalue weighted by molar-refractivity contribution is 9.09. The molecule has 3 N–H and O–H groups in total. The SMILES string of the molecule is O[C@H]1[C@@H](Br)[C@H](O)c2c(ccc3c2-c2ccccc2C3)[C@@H]1O. The molecule has 0 saturated carbocycles. The summed E-state index contributed by atoms with van der Waals surface area (Å²) in [7, 11) is 0. The summed E-state index contributed by atoms with van der Waals surface area (Å²) in [5.41, 5.74) is 5.91. The highest BCUT2D eigenvalue weighted by Crippen LogP contribution is 2.49. The van der Waals surface area contributed by atoms with Gasteiger partial charge >= 0.3 is 0 Å². The summed E-state index contributed by atoms with van der Waals surface area (Å²) in [4.78, 5) is -0.570. The molecule has 2 aliphatic rings. The second-order valence-corrected chi connectivity index (χ2v) is 6.82. The van der Waals surface area contributed by atoms with Gasteiger partial charge in [-0.1, -0.05) is 52.3 Å². The molecule has 3 nitrogen and oxygen atoms in total. The van der Waals surface area contributed by atoms with E-state index in [-0.39, 0.29) is 0 Å². The second kappa shape index (κ2) is 4.65. The van der Waals surface area contributed by atoms with Crippen LogP contribution in [-0.4, -0.2) is 26.3 Å². The fourth-order valence-electron chi connectivity index (χ4n) is 3.55. The van der Waals surface area contributed by atoms with E-state index in [9.17, 15) is 15.3 Å². The number of aliphatic hydroxyl groups is 3. The predicted molar refractivity (Wildman–Crippen MR) is 83.3 cm³/mol. The Morgan fingerprint density at radius 2 is 1.67 bits per heavy atom. The van der Waals surface area contributed by atoms with Crippen molar-refractivity contribution in [1.29, 1.82) is 0 Å². The molecule has 4 rings (SSSR count). The van der Waals surface area contributed by atoms with Crippen LogP contribution < -0.4 is 0 Å². The summed E-state index contributed by atoms with van der Waals surface area (Å²) in [5.74, 6) is 0. The van der Waals surface area contributed by atoms with E-state index in [0.29, 0.717) is 5.56 Å². The largest absolute Gasteiger partial charge is 0.389 e. The topological polar surface area (TPSA) is 60.7 Å². The van der Waals surface area contributed by atoms with E-state index in [1.54, 1.807) is 0 Å². The Bertz CT molecular complexity index is 728.